The normalized spacial score (nSPS) is 12.7. The van der Waals surface area contributed by atoms with Gasteiger partial charge in [-0.1, -0.05) is 216 Å². The van der Waals surface area contributed by atoms with Crippen LogP contribution in [0.1, 0.15) is 219 Å². The van der Waals surface area contributed by atoms with Crippen molar-refractivity contribution in [3.05, 3.63) is 60.8 Å². The molecule has 0 aromatic rings. The van der Waals surface area contributed by atoms with E-state index in [2.05, 4.69) is 74.6 Å². The number of carbonyl (C=O) groups is 2. The molecule has 0 saturated carbocycles. The van der Waals surface area contributed by atoms with E-state index in [0.717, 1.165) is 57.8 Å². The monoisotopic (exact) mass is 755 g/mol. The van der Waals surface area contributed by atoms with Crippen LogP contribution in [0.25, 0.3) is 0 Å². The lowest BCUT2D eigenvalue weighted by Crippen LogP contribution is -2.28. The van der Waals surface area contributed by atoms with Crippen molar-refractivity contribution in [1.82, 2.24) is 0 Å². The van der Waals surface area contributed by atoms with Crippen LogP contribution in [0.5, 0.6) is 0 Å². The van der Waals surface area contributed by atoms with E-state index in [1.807, 2.05) is 0 Å². The molecule has 0 rings (SSSR count). The second kappa shape index (κ2) is 45.0. The van der Waals surface area contributed by atoms with Crippen LogP contribution in [0.3, 0.4) is 0 Å². The summed E-state index contributed by atoms with van der Waals surface area (Å²) in [5, 5.41) is 9.59. The SMILES string of the molecule is CC/C=C/C/C=C/C/C=C/C/C=C/C/C=C/CCCC(=O)OC[C@H](CO)OC(=O)CCCCCCCCCCCCCCCCCCCCCCCCC. The highest BCUT2D eigenvalue weighted by Crippen LogP contribution is 2.16. The number of unbranched alkanes of at least 4 members (excludes halogenated alkanes) is 23. The van der Waals surface area contributed by atoms with E-state index < -0.39 is 6.10 Å². The van der Waals surface area contributed by atoms with Gasteiger partial charge in [0.15, 0.2) is 6.10 Å². The molecule has 0 spiro atoms. The van der Waals surface area contributed by atoms with Crippen molar-refractivity contribution in [2.75, 3.05) is 13.2 Å². The smallest absolute Gasteiger partial charge is 0.306 e. The van der Waals surface area contributed by atoms with Gasteiger partial charge in [-0.05, 0) is 51.4 Å². The fraction of sp³-hybridized carbons (Fsp3) is 0.755. The molecule has 5 nitrogen and oxygen atoms in total. The molecular formula is C49H86O5. The second-order valence-corrected chi connectivity index (χ2v) is 15.1. The van der Waals surface area contributed by atoms with Crippen molar-refractivity contribution < 1.29 is 24.2 Å². The average molecular weight is 755 g/mol. The Morgan fingerprint density at radius 2 is 0.796 bits per heavy atom. The van der Waals surface area contributed by atoms with Crippen molar-refractivity contribution in [3.63, 3.8) is 0 Å². The number of allylic oxidation sites excluding steroid dienone is 10. The Bertz CT molecular complexity index is 946. The van der Waals surface area contributed by atoms with E-state index in [-0.39, 0.29) is 25.2 Å². The Kier molecular flexibility index (Phi) is 43.0. The zero-order valence-electron chi connectivity index (χ0n) is 35.5. The Labute approximate surface area is 334 Å². The molecule has 0 aliphatic rings. The van der Waals surface area contributed by atoms with Crippen molar-refractivity contribution >= 4 is 11.9 Å². The molecule has 0 amide bonds. The molecule has 0 saturated heterocycles. The first-order valence-electron chi connectivity index (χ1n) is 22.8. The largest absolute Gasteiger partial charge is 0.462 e. The number of rotatable bonds is 41. The van der Waals surface area contributed by atoms with Crippen LogP contribution < -0.4 is 0 Å². The standard InChI is InChI=1S/C49H86O5/c1-3-5-7-9-11-13-15-17-19-21-22-23-24-25-26-28-30-32-34-36-38-40-42-44-49(52)54-47(45-50)46-53-48(51)43-41-39-37-35-33-31-29-27-20-18-16-14-12-10-8-6-4-2/h6,8,12,14,18,20,29,31,35,37,47,50H,3-5,7,9-11,13,15-17,19,21-28,30,32-34,36,38-46H2,1-2H3/b8-6+,14-12+,20-18+,31-29+,37-35+/t47-/m0/s1. The molecule has 0 bridgehead atoms. The Morgan fingerprint density at radius 1 is 0.444 bits per heavy atom. The quantitative estimate of drug-likeness (QED) is 0.0382. The summed E-state index contributed by atoms with van der Waals surface area (Å²) in [4.78, 5) is 24.3. The fourth-order valence-electron chi connectivity index (χ4n) is 6.41. The Morgan fingerprint density at radius 3 is 1.19 bits per heavy atom. The lowest BCUT2D eigenvalue weighted by molar-refractivity contribution is -0.161. The highest BCUT2D eigenvalue weighted by molar-refractivity contribution is 5.70. The van der Waals surface area contributed by atoms with Gasteiger partial charge in [-0.3, -0.25) is 9.59 Å². The summed E-state index contributed by atoms with van der Waals surface area (Å²) in [6.07, 6.45) is 58.8. The number of hydrogen-bond acceptors (Lipinski definition) is 5. The fourth-order valence-corrected chi connectivity index (χ4v) is 6.41. The Hall–Kier alpha value is -2.40. The summed E-state index contributed by atoms with van der Waals surface area (Å²) in [6, 6.07) is 0. The summed E-state index contributed by atoms with van der Waals surface area (Å²) in [5.74, 6) is -0.654. The predicted octanol–water partition coefficient (Wildman–Crippen LogP) is 14.7. The van der Waals surface area contributed by atoms with Crippen LogP contribution >= 0.6 is 0 Å². The van der Waals surface area contributed by atoms with Gasteiger partial charge in [-0.25, -0.2) is 0 Å². The molecule has 0 radical (unpaired) electrons. The topological polar surface area (TPSA) is 72.8 Å². The molecule has 5 heteroatoms. The molecule has 0 aliphatic carbocycles. The highest BCUT2D eigenvalue weighted by atomic mass is 16.6. The second-order valence-electron chi connectivity index (χ2n) is 15.1. The number of hydrogen-bond donors (Lipinski definition) is 1. The van der Waals surface area contributed by atoms with Crippen LogP contribution in [0, 0.1) is 0 Å². The molecule has 0 aliphatic heterocycles. The summed E-state index contributed by atoms with van der Waals surface area (Å²) in [5.41, 5.74) is 0. The van der Waals surface area contributed by atoms with Gasteiger partial charge in [0.1, 0.15) is 6.61 Å². The van der Waals surface area contributed by atoms with Crippen LogP contribution in [-0.2, 0) is 19.1 Å². The van der Waals surface area contributed by atoms with E-state index >= 15 is 0 Å². The summed E-state index contributed by atoms with van der Waals surface area (Å²) >= 11 is 0. The molecule has 1 atom stereocenters. The predicted molar refractivity (Wildman–Crippen MR) is 233 cm³/mol. The molecule has 0 unspecified atom stereocenters. The first-order valence-corrected chi connectivity index (χ1v) is 22.8. The lowest BCUT2D eigenvalue weighted by atomic mass is 10.0. The maximum atomic E-state index is 12.2. The first kappa shape index (κ1) is 51.6. The maximum absolute atomic E-state index is 12.2. The average Bonchev–Trinajstić information content (AvgIpc) is 3.17. The number of aliphatic hydroxyl groups is 1. The van der Waals surface area contributed by atoms with Gasteiger partial charge in [0.05, 0.1) is 6.61 Å². The third kappa shape index (κ3) is 42.3. The van der Waals surface area contributed by atoms with E-state index in [1.54, 1.807) is 0 Å². The molecule has 0 fully saturated rings. The summed E-state index contributed by atoms with van der Waals surface area (Å²) in [6.45, 7) is 3.99. The van der Waals surface area contributed by atoms with Gasteiger partial charge < -0.3 is 14.6 Å². The van der Waals surface area contributed by atoms with Crippen molar-refractivity contribution in [1.29, 1.82) is 0 Å². The zero-order valence-corrected chi connectivity index (χ0v) is 35.5. The number of carbonyl (C=O) groups excluding carboxylic acids is 2. The van der Waals surface area contributed by atoms with E-state index in [9.17, 15) is 14.7 Å². The van der Waals surface area contributed by atoms with Gasteiger partial charge in [0, 0.05) is 12.8 Å². The number of esters is 2. The zero-order chi connectivity index (χ0) is 39.3. The summed E-state index contributed by atoms with van der Waals surface area (Å²) in [7, 11) is 0. The van der Waals surface area contributed by atoms with Crippen molar-refractivity contribution in [2.45, 2.75) is 225 Å². The van der Waals surface area contributed by atoms with E-state index in [4.69, 9.17) is 9.47 Å². The van der Waals surface area contributed by atoms with Gasteiger partial charge in [-0.15, -0.1) is 0 Å². The van der Waals surface area contributed by atoms with Crippen LogP contribution in [0.2, 0.25) is 0 Å². The first-order chi connectivity index (χ1) is 26.6. The molecule has 0 aromatic carbocycles. The minimum Gasteiger partial charge on any atom is -0.462 e. The van der Waals surface area contributed by atoms with Gasteiger partial charge in [0.2, 0.25) is 0 Å². The maximum Gasteiger partial charge on any atom is 0.306 e. The minimum absolute atomic E-state index is 0.0951. The van der Waals surface area contributed by atoms with Crippen molar-refractivity contribution in [2.24, 2.45) is 0 Å². The van der Waals surface area contributed by atoms with Crippen LogP contribution in [0.4, 0.5) is 0 Å². The molecule has 0 aromatic heterocycles. The summed E-state index contributed by atoms with van der Waals surface area (Å²) < 4.78 is 10.6. The number of ether oxygens (including phenoxy) is 2. The molecule has 54 heavy (non-hydrogen) atoms. The van der Waals surface area contributed by atoms with Crippen LogP contribution in [0.15, 0.2) is 60.8 Å². The molecule has 0 heterocycles. The highest BCUT2D eigenvalue weighted by Gasteiger charge is 2.16. The third-order valence-corrected chi connectivity index (χ3v) is 9.83. The number of aliphatic hydroxyl groups excluding tert-OH is 1. The lowest BCUT2D eigenvalue weighted by Gasteiger charge is -2.15. The Balaban J connectivity index is 3.56. The van der Waals surface area contributed by atoms with E-state index in [1.165, 1.54) is 128 Å². The van der Waals surface area contributed by atoms with Crippen LogP contribution in [-0.4, -0.2) is 36.4 Å². The molecule has 312 valence electrons. The van der Waals surface area contributed by atoms with Gasteiger partial charge in [0.25, 0.3) is 0 Å². The minimum atomic E-state index is -0.794. The van der Waals surface area contributed by atoms with Gasteiger partial charge in [-0.2, -0.15) is 0 Å². The van der Waals surface area contributed by atoms with Gasteiger partial charge >= 0.3 is 11.9 Å². The molecular weight excluding hydrogens is 669 g/mol. The molecule has 1 N–H and O–H groups in total. The van der Waals surface area contributed by atoms with Crippen molar-refractivity contribution in [3.8, 4) is 0 Å². The third-order valence-electron chi connectivity index (χ3n) is 9.83. The van der Waals surface area contributed by atoms with E-state index in [0.29, 0.717) is 19.3 Å².